The van der Waals surface area contributed by atoms with Crippen molar-refractivity contribution in [2.45, 2.75) is 32.6 Å². The zero-order valence-corrected chi connectivity index (χ0v) is 10.2. The predicted octanol–water partition coefficient (Wildman–Crippen LogP) is 4.14. The number of allylic oxidation sites excluding steroid dienone is 2. The molecule has 0 unspecified atom stereocenters. The van der Waals surface area contributed by atoms with Crippen LogP contribution in [0.5, 0.6) is 0 Å². The summed E-state index contributed by atoms with van der Waals surface area (Å²) in [7, 11) is 0. The van der Waals surface area contributed by atoms with Gasteiger partial charge >= 0.3 is 0 Å². The molecule has 96 valence electrons. The van der Waals surface area contributed by atoms with Crippen LogP contribution in [0.4, 0.5) is 8.78 Å². The molecule has 0 aromatic heterocycles. The third-order valence-corrected chi connectivity index (χ3v) is 3.19. The number of nitrogens with zero attached hydrogens (tertiary/aromatic N) is 1. The summed E-state index contributed by atoms with van der Waals surface area (Å²) >= 11 is 0. The van der Waals surface area contributed by atoms with Gasteiger partial charge in [0.1, 0.15) is 0 Å². The van der Waals surface area contributed by atoms with Gasteiger partial charge < -0.3 is 5.21 Å². The fraction of sp³-hybridized carbons (Fsp3) is 0.357. The summed E-state index contributed by atoms with van der Waals surface area (Å²) < 4.78 is 26.2. The van der Waals surface area contributed by atoms with Gasteiger partial charge in [0, 0.05) is 5.57 Å². The summed E-state index contributed by atoms with van der Waals surface area (Å²) in [5.74, 6) is -1.74. The van der Waals surface area contributed by atoms with E-state index in [1.165, 1.54) is 6.07 Å². The number of hydrogen-bond acceptors (Lipinski definition) is 2. The van der Waals surface area contributed by atoms with E-state index in [0.717, 1.165) is 42.5 Å². The summed E-state index contributed by atoms with van der Waals surface area (Å²) in [6.45, 7) is 2.06. The molecule has 0 atom stereocenters. The van der Waals surface area contributed by atoms with E-state index >= 15 is 0 Å². The molecule has 0 aliphatic heterocycles. The summed E-state index contributed by atoms with van der Waals surface area (Å²) in [6, 6.07) is 3.80. The van der Waals surface area contributed by atoms with Crippen LogP contribution in [0, 0.1) is 11.6 Å². The minimum absolute atomic E-state index is 0.560. The monoisotopic (exact) mass is 251 g/mol. The van der Waals surface area contributed by atoms with E-state index in [0.29, 0.717) is 17.7 Å². The van der Waals surface area contributed by atoms with Crippen LogP contribution in [0.15, 0.2) is 28.9 Å². The molecule has 0 spiro atoms. The molecule has 1 aromatic carbocycles. The average molecular weight is 251 g/mol. The molecular formula is C14H15F2NO. The highest BCUT2D eigenvalue weighted by Crippen LogP contribution is 2.34. The maximum atomic E-state index is 13.3. The molecule has 1 N–H and O–H groups in total. The van der Waals surface area contributed by atoms with Crippen LogP contribution in [-0.2, 0) is 0 Å². The molecular weight excluding hydrogens is 236 g/mol. The van der Waals surface area contributed by atoms with Gasteiger partial charge in [0.2, 0.25) is 0 Å². The van der Waals surface area contributed by atoms with Gasteiger partial charge in [-0.05, 0) is 37.0 Å². The van der Waals surface area contributed by atoms with Gasteiger partial charge in [-0.1, -0.05) is 30.1 Å². The van der Waals surface area contributed by atoms with Gasteiger partial charge in [0.05, 0.1) is 5.71 Å². The number of hydrogen-bond donors (Lipinski definition) is 1. The standard InChI is InChI=1S/C14H15F2NO/c1-2-3-9-5-7-13(17-18)14(9)10-4-6-11(15)12(16)8-10/h4,6,8,18H,2-3,5,7H2,1H3/b17-13+. The molecule has 0 heterocycles. The first kappa shape index (κ1) is 12.7. The topological polar surface area (TPSA) is 32.6 Å². The van der Waals surface area contributed by atoms with E-state index < -0.39 is 11.6 Å². The quantitative estimate of drug-likeness (QED) is 0.635. The van der Waals surface area contributed by atoms with Crippen LogP contribution in [0.1, 0.15) is 38.2 Å². The van der Waals surface area contributed by atoms with Gasteiger partial charge in [-0.15, -0.1) is 0 Å². The Morgan fingerprint density at radius 1 is 1.22 bits per heavy atom. The van der Waals surface area contributed by atoms with Crippen LogP contribution in [0.2, 0.25) is 0 Å². The Morgan fingerprint density at radius 2 is 2.00 bits per heavy atom. The van der Waals surface area contributed by atoms with Crippen molar-refractivity contribution in [2.24, 2.45) is 5.16 Å². The van der Waals surface area contributed by atoms with Crippen molar-refractivity contribution in [1.82, 2.24) is 0 Å². The van der Waals surface area contributed by atoms with Crippen LogP contribution in [0.25, 0.3) is 5.57 Å². The number of halogens is 2. The second kappa shape index (κ2) is 5.29. The first-order chi connectivity index (χ1) is 8.67. The highest BCUT2D eigenvalue weighted by Gasteiger charge is 2.23. The Balaban J connectivity index is 2.49. The van der Waals surface area contributed by atoms with Crippen molar-refractivity contribution >= 4 is 11.3 Å². The SMILES string of the molecule is CCCC1=C(c2ccc(F)c(F)c2)/C(=N/O)CC1. The van der Waals surface area contributed by atoms with E-state index in [9.17, 15) is 8.78 Å². The van der Waals surface area contributed by atoms with Gasteiger partial charge in [0.15, 0.2) is 11.6 Å². The zero-order chi connectivity index (χ0) is 13.1. The van der Waals surface area contributed by atoms with Crippen LogP contribution in [0.3, 0.4) is 0 Å². The fourth-order valence-electron chi connectivity index (χ4n) is 2.40. The van der Waals surface area contributed by atoms with Gasteiger partial charge in [0.25, 0.3) is 0 Å². The molecule has 1 aromatic rings. The number of rotatable bonds is 3. The Hall–Kier alpha value is -1.71. The fourth-order valence-corrected chi connectivity index (χ4v) is 2.40. The van der Waals surface area contributed by atoms with Crippen LogP contribution in [-0.4, -0.2) is 10.9 Å². The lowest BCUT2D eigenvalue weighted by molar-refractivity contribution is 0.319. The van der Waals surface area contributed by atoms with Crippen molar-refractivity contribution in [3.63, 3.8) is 0 Å². The molecule has 0 radical (unpaired) electrons. The first-order valence-electron chi connectivity index (χ1n) is 6.06. The molecule has 4 heteroatoms. The van der Waals surface area contributed by atoms with E-state index in [1.807, 2.05) is 0 Å². The molecule has 0 amide bonds. The Kier molecular flexibility index (Phi) is 3.75. The Morgan fingerprint density at radius 3 is 2.61 bits per heavy atom. The summed E-state index contributed by atoms with van der Waals surface area (Å²) in [6.07, 6.45) is 3.33. The lowest BCUT2D eigenvalue weighted by Crippen LogP contribution is -1.99. The Bertz CT molecular complexity index is 521. The predicted molar refractivity (Wildman–Crippen MR) is 66.6 cm³/mol. The molecule has 0 fully saturated rings. The van der Waals surface area contributed by atoms with Crippen molar-refractivity contribution in [3.05, 3.63) is 41.0 Å². The van der Waals surface area contributed by atoms with Crippen LogP contribution < -0.4 is 0 Å². The first-order valence-corrected chi connectivity index (χ1v) is 6.06. The molecule has 0 saturated heterocycles. The van der Waals surface area contributed by atoms with Gasteiger partial charge in [-0.25, -0.2) is 8.78 Å². The smallest absolute Gasteiger partial charge is 0.159 e. The molecule has 18 heavy (non-hydrogen) atoms. The molecule has 2 rings (SSSR count). The third kappa shape index (κ3) is 2.28. The number of oxime groups is 1. The van der Waals surface area contributed by atoms with Crippen LogP contribution >= 0.6 is 0 Å². The van der Waals surface area contributed by atoms with E-state index in [2.05, 4.69) is 12.1 Å². The van der Waals surface area contributed by atoms with E-state index in [-0.39, 0.29) is 0 Å². The van der Waals surface area contributed by atoms with Gasteiger partial charge in [-0.3, -0.25) is 0 Å². The zero-order valence-electron chi connectivity index (χ0n) is 10.2. The van der Waals surface area contributed by atoms with Crippen molar-refractivity contribution < 1.29 is 14.0 Å². The molecule has 1 aliphatic rings. The minimum atomic E-state index is -0.875. The summed E-state index contributed by atoms with van der Waals surface area (Å²) in [5.41, 5.74) is 3.07. The third-order valence-electron chi connectivity index (χ3n) is 3.19. The Labute approximate surface area is 105 Å². The maximum Gasteiger partial charge on any atom is 0.159 e. The molecule has 0 bridgehead atoms. The number of benzene rings is 1. The maximum absolute atomic E-state index is 13.3. The molecule has 0 saturated carbocycles. The highest BCUT2D eigenvalue weighted by atomic mass is 19.2. The summed E-state index contributed by atoms with van der Waals surface area (Å²) in [5, 5.41) is 12.3. The van der Waals surface area contributed by atoms with Gasteiger partial charge in [-0.2, -0.15) is 0 Å². The largest absolute Gasteiger partial charge is 0.411 e. The van der Waals surface area contributed by atoms with Crippen molar-refractivity contribution in [3.8, 4) is 0 Å². The van der Waals surface area contributed by atoms with E-state index in [4.69, 9.17) is 5.21 Å². The van der Waals surface area contributed by atoms with Crippen molar-refractivity contribution in [1.29, 1.82) is 0 Å². The second-order valence-electron chi connectivity index (χ2n) is 4.40. The lowest BCUT2D eigenvalue weighted by atomic mass is 9.98. The molecule has 2 nitrogen and oxygen atoms in total. The lowest BCUT2D eigenvalue weighted by Gasteiger charge is -2.08. The normalized spacial score (nSPS) is 17.8. The second-order valence-corrected chi connectivity index (χ2v) is 4.40. The molecule has 1 aliphatic carbocycles. The van der Waals surface area contributed by atoms with Crippen molar-refractivity contribution in [2.75, 3.05) is 0 Å². The minimum Gasteiger partial charge on any atom is -0.411 e. The van der Waals surface area contributed by atoms with E-state index in [1.54, 1.807) is 0 Å². The average Bonchev–Trinajstić information content (AvgIpc) is 2.76. The highest BCUT2D eigenvalue weighted by molar-refractivity contribution is 6.26. The summed E-state index contributed by atoms with van der Waals surface area (Å²) in [4.78, 5) is 0.